The third-order valence-electron chi connectivity index (χ3n) is 5.42. The van der Waals surface area contributed by atoms with Gasteiger partial charge < -0.3 is 0 Å². The molecule has 0 atom stereocenters. The Morgan fingerprint density at radius 1 is 0.812 bits per heavy atom. The Morgan fingerprint density at radius 2 is 1.53 bits per heavy atom. The maximum absolute atomic E-state index is 13.3. The van der Waals surface area contributed by atoms with Crippen LogP contribution in [0, 0.1) is 0 Å². The molecule has 5 rings (SSSR count). The third kappa shape index (κ3) is 4.09. The molecule has 0 saturated carbocycles. The van der Waals surface area contributed by atoms with Gasteiger partial charge in [0.2, 0.25) is 0 Å². The van der Waals surface area contributed by atoms with Gasteiger partial charge >= 0.3 is 0 Å². The Morgan fingerprint density at radius 3 is 2.28 bits per heavy atom. The van der Waals surface area contributed by atoms with Gasteiger partial charge in [-0.25, -0.2) is 4.98 Å². The lowest BCUT2D eigenvalue weighted by molar-refractivity contribution is 0.672. The smallest absolute Gasteiger partial charge is 0.271 e. The first-order chi connectivity index (χ1) is 15.6. The van der Waals surface area contributed by atoms with E-state index >= 15 is 0 Å². The molecule has 0 aliphatic heterocycles. The fourth-order valence-corrected chi connectivity index (χ4v) is 4.85. The topological polar surface area (TPSA) is 34.9 Å². The van der Waals surface area contributed by atoms with Crippen LogP contribution in [0.2, 0.25) is 10.0 Å². The Labute approximate surface area is 199 Å². The van der Waals surface area contributed by atoms with Gasteiger partial charge in [-0.1, -0.05) is 83.9 Å². The Kier molecular flexibility index (Phi) is 5.83. The number of fused-ring (bicyclic) bond motifs is 1. The second-order valence-electron chi connectivity index (χ2n) is 7.47. The van der Waals surface area contributed by atoms with Crippen molar-refractivity contribution in [2.24, 2.45) is 0 Å². The van der Waals surface area contributed by atoms with Gasteiger partial charge in [-0.3, -0.25) is 9.36 Å². The fraction of sp³-hybridized carbons (Fsp3) is 0.0769. The maximum Gasteiger partial charge on any atom is 0.271 e. The monoisotopic (exact) mass is 476 g/mol. The van der Waals surface area contributed by atoms with Crippen LogP contribution in [-0.2, 0) is 13.0 Å². The van der Waals surface area contributed by atoms with Gasteiger partial charge in [-0.05, 0) is 46.7 Å². The van der Waals surface area contributed by atoms with Crippen molar-refractivity contribution in [3.05, 3.63) is 110 Å². The van der Waals surface area contributed by atoms with Gasteiger partial charge in [0.05, 0.1) is 15.6 Å². The first-order valence-electron chi connectivity index (χ1n) is 10.2. The molecule has 5 aromatic rings. The molecular formula is C26H18Cl2N2OS. The molecule has 0 radical (unpaired) electrons. The summed E-state index contributed by atoms with van der Waals surface area (Å²) in [6.45, 7) is 0.493. The normalized spacial score (nSPS) is 11.2. The van der Waals surface area contributed by atoms with Gasteiger partial charge in [0, 0.05) is 12.1 Å². The molecule has 0 unspecified atom stereocenters. The van der Waals surface area contributed by atoms with Gasteiger partial charge in [0.15, 0.2) is 0 Å². The van der Waals surface area contributed by atoms with Crippen molar-refractivity contribution in [1.29, 1.82) is 0 Å². The van der Waals surface area contributed by atoms with Gasteiger partial charge in [0.1, 0.15) is 10.5 Å². The highest BCUT2D eigenvalue weighted by molar-refractivity contribution is 7.17. The molecule has 32 heavy (non-hydrogen) atoms. The molecule has 2 heterocycles. The molecule has 0 aliphatic carbocycles. The summed E-state index contributed by atoms with van der Waals surface area (Å²) in [6.07, 6.45) is 0.643. The van der Waals surface area contributed by atoms with Crippen LogP contribution in [0.3, 0.4) is 0 Å². The lowest BCUT2D eigenvalue weighted by atomic mass is 10.0. The van der Waals surface area contributed by atoms with Gasteiger partial charge in [-0.15, -0.1) is 11.3 Å². The van der Waals surface area contributed by atoms with Crippen molar-refractivity contribution in [3.8, 4) is 22.5 Å². The lowest BCUT2D eigenvalue weighted by Gasteiger charge is -2.13. The number of aromatic nitrogens is 2. The van der Waals surface area contributed by atoms with E-state index in [0.717, 1.165) is 27.8 Å². The van der Waals surface area contributed by atoms with E-state index in [2.05, 4.69) is 24.3 Å². The van der Waals surface area contributed by atoms with E-state index in [-0.39, 0.29) is 5.56 Å². The highest BCUT2D eigenvalue weighted by atomic mass is 35.5. The van der Waals surface area contributed by atoms with Crippen molar-refractivity contribution in [2.45, 2.75) is 13.0 Å². The SMILES string of the molecule is O=c1c2sccc2nc(-c2ccc(-c3ccccc3)cc2)n1CCc1ccc(Cl)c(Cl)c1. The van der Waals surface area contributed by atoms with Crippen LogP contribution in [0.15, 0.2) is 89.0 Å². The second-order valence-corrected chi connectivity index (χ2v) is 9.20. The van der Waals surface area contributed by atoms with Crippen molar-refractivity contribution < 1.29 is 0 Å². The Bertz CT molecular complexity index is 1460. The van der Waals surface area contributed by atoms with E-state index < -0.39 is 0 Å². The van der Waals surface area contributed by atoms with Crippen LogP contribution >= 0.6 is 34.5 Å². The molecule has 0 spiro atoms. The van der Waals surface area contributed by atoms with E-state index in [4.69, 9.17) is 28.2 Å². The largest absolute Gasteiger partial charge is 0.291 e. The summed E-state index contributed by atoms with van der Waals surface area (Å²) in [5, 5.41) is 2.94. The number of halogens is 2. The number of hydrogen-bond acceptors (Lipinski definition) is 3. The molecule has 158 valence electrons. The maximum atomic E-state index is 13.3. The molecular weight excluding hydrogens is 459 g/mol. The number of thiophene rings is 1. The van der Waals surface area contributed by atoms with Crippen LogP contribution in [0.1, 0.15) is 5.56 Å². The first-order valence-corrected chi connectivity index (χ1v) is 11.8. The van der Waals surface area contributed by atoms with E-state index in [9.17, 15) is 4.79 Å². The summed E-state index contributed by atoms with van der Waals surface area (Å²) in [4.78, 5) is 18.1. The number of rotatable bonds is 5. The Hall–Kier alpha value is -2.92. The van der Waals surface area contributed by atoms with E-state index in [0.29, 0.717) is 33.5 Å². The average molecular weight is 477 g/mol. The number of hydrogen-bond donors (Lipinski definition) is 0. The summed E-state index contributed by atoms with van der Waals surface area (Å²) in [5.41, 5.74) is 4.90. The molecule has 0 amide bonds. The fourth-order valence-electron chi connectivity index (χ4n) is 3.75. The summed E-state index contributed by atoms with van der Waals surface area (Å²) < 4.78 is 2.43. The van der Waals surface area contributed by atoms with Crippen molar-refractivity contribution in [2.75, 3.05) is 0 Å². The minimum absolute atomic E-state index is 0.0211. The van der Waals surface area contributed by atoms with Crippen LogP contribution < -0.4 is 5.56 Å². The second kappa shape index (κ2) is 8.91. The van der Waals surface area contributed by atoms with Crippen LogP contribution in [-0.4, -0.2) is 9.55 Å². The first kappa shape index (κ1) is 21.0. The van der Waals surface area contributed by atoms with Crippen LogP contribution in [0.5, 0.6) is 0 Å². The molecule has 0 bridgehead atoms. The standard InChI is InChI=1S/C26H18Cl2N2OS/c27-21-11-6-17(16-22(21)28)12-14-30-25(29-23-13-15-32-24(23)26(30)31)20-9-7-19(8-10-20)18-4-2-1-3-5-18/h1-11,13,15-16H,12,14H2. The predicted molar refractivity (Wildman–Crippen MR) is 135 cm³/mol. The zero-order chi connectivity index (χ0) is 22.1. The van der Waals surface area contributed by atoms with Gasteiger partial charge in [-0.2, -0.15) is 0 Å². The third-order valence-corrected chi connectivity index (χ3v) is 7.05. The molecule has 6 heteroatoms. The van der Waals surface area contributed by atoms with E-state index in [1.807, 2.05) is 53.9 Å². The summed E-state index contributed by atoms with van der Waals surface area (Å²) in [5.74, 6) is 0.667. The quantitative estimate of drug-likeness (QED) is 0.265. The zero-order valence-electron chi connectivity index (χ0n) is 17.0. The zero-order valence-corrected chi connectivity index (χ0v) is 19.3. The Balaban J connectivity index is 1.54. The predicted octanol–water partition coefficient (Wildman–Crippen LogP) is 7.34. The van der Waals surface area contributed by atoms with Crippen LogP contribution in [0.4, 0.5) is 0 Å². The van der Waals surface area contributed by atoms with E-state index in [1.165, 1.54) is 11.3 Å². The lowest BCUT2D eigenvalue weighted by Crippen LogP contribution is -2.23. The van der Waals surface area contributed by atoms with Crippen molar-refractivity contribution in [3.63, 3.8) is 0 Å². The van der Waals surface area contributed by atoms with E-state index in [1.54, 1.807) is 10.6 Å². The summed E-state index contributed by atoms with van der Waals surface area (Å²) >= 11 is 13.6. The van der Waals surface area contributed by atoms with Crippen molar-refractivity contribution in [1.82, 2.24) is 9.55 Å². The molecule has 3 nitrogen and oxygen atoms in total. The van der Waals surface area contributed by atoms with Crippen molar-refractivity contribution >= 4 is 44.8 Å². The summed E-state index contributed by atoms with van der Waals surface area (Å²) in [6, 6.07) is 25.9. The minimum Gasteiger partial charge on any atom is -0.291 e. The summed E-state index contributed by atoms with van der Waals surface area (Å²) in [7, 11) is 0. The molecule has 0 N–H and O–H groups in total. The highest BCUT2D eigenvalue weighted by Gasteiger charge is 2.14. The average Bonchev–Trinajstić information content (AvgIpc) is 3.30. The molecule has 0 fully saturated rings. The van der Waals surface area contributed by atoms with Crippen LogP contribution in [0.25, 0.3) is 32.7 Å². The van der Waals surface area contributed by atoms with Gasteiger partial charge in [0.25, 0.3) is 5.56 Å². The molecule has 0 saturated heterocycles. The number of nitrogens with zero attached hydrogens (tertiary/aromatic N) is 2. The number of aryl methyl sites for hydroxylation is 1. The molecule has 2 aromatic heterocycles. The number of benzene rings is 3. The molecule has 0 aliphatic rings. The minimum atomic E-state index is -0.0211. The highest BCUT2D eigenvalue weighted by Crippen LogP contribution is 2.27. The molecule has 3 aromatic carbocycles.